The number of hydrogen-bond donors (Lipinski definition) is 0. The molecule has 2 rings (SSSR count). The molecule has 0 N–H and O–H groups in total. The van der Waals surface area contributed by atoms with E-state index in [4.69, 9.17) is 11.6 Å². The quantitative estimate of drug-likeness (QED) is 0.587. The molecule has 109 valence electrons. The molecule has 1 nitrogen and oxygen atoms in total. The van der Waals surface area contributed by atoms with Crippen LogP contribution in [0.15, 0.2) is 46.1 Å². The molecule has 0 aliphatic carbocycles. The summed E-state index contributed by atoms with van der Waals surface area (Å²) in [5.74, 6) is -0.541. The molecular formula is C14H9BrClF3NY-. The number of halogens is 5. The van der Waals surface area contributed by atoms with Crippen molar-refractivity contribution in [1.82, 2.24) is 4.90 Å². The largest absolute Gasteiger partial charge is 0.368 e. The van der Waals surface area contributed by atoms with Crippen molar-refractivity contribution in [3.63, 3.8) is 0 Å². The predicted octanol–water partition coefficient (Wildman–Crippen LogP) is 4.95. The summed E-state index contributed by atoms with van der Waals surface area (Å²) >= 11 is 9.00. The maximum absolute atomic E-state index is 14.0. The molecular weight excluding hydrogens is 443 g/mol. The fourth-order valence-corrected chi connectivity index (χ4v) is 2.29. The molecule has 21 heavy (non-hydrogen) atoms. The molecule has 1 aliphatic heterocycles. The minimum absolute atomic E-state index is 0. The minimum Gasteiger partial charge on any atom is -0.368 e. The van der Waals surface area contributed by atoms with E-state index in [2.05, 4.69) is 28.6 Å². The van der Waals surface area contributed by atoms with Crippen LogP contribution in [0.1, 0.15) is 5.56 Å². The van der Waals surface area contributed by atoms with Crippen molar-refractivity contribution in [3.05, 3.63) is 63.5 Å². The van der Waals surface area contributed by atoms with Gasteiger partial charge in [0.1, 0.15) is 0 Å². The van der Waals surface area contributed by atoms with Crippen molar-refractivity contribution in [1.29, 1.82) is 0 Å². The number of alkyl halides is 2. The molecule has 0 saturated carbocycles. The Morgan fingerprint density at radius 1 is 1.38 bits per heavy atom. The summed E-state index contributed by atoms with van der Waals surface area (Å²) in [7, 11) is 0. The summed E-state index contributed by atoms with van der Waals surface area (Å²) in [6, 6.07) is 4.37. The zero-order chi connectivity index (χ0) is 14.9. The third kappa shape index (κ3) is 4.44. The average molecular weight is 452 g/mol. The minimum atomic E-state index is -2.61. The summed E-state index contributed by atoms with van der Waals surface area (Å²) in [5.41, 5.74) is 0.545. The van der Waals surface area contributed by atoms with Gasteiger partial charge in [-0.3, -0.25) is 0 Å². The van der Waals surface area contributed by atoms with Gasteiger partial charge in [-0.15, -0.1) is 6.07 Å². The third-order valence-electron chi connectivity index (χ3n) is 2.71. The SMILES string of the molecule is C=C1C(Cl)=C[C-]=C(c2ccc(Br)cc2F)N1CC(F)F.[Y]. The summed E-state index contributed by atoms with van der Waals surface area (Å²) in [5, 5.41) is 0.201. The molecule has 1 aliphatic rings. The number of benzene rings is 1. The van der Waals surface area contributed by atoms with Gasteiger partial charge in [0, 0.05) is 37.2 Å². The first-order valence-corrected chi connectivity index (χ1v) is 6.76. The maximum atomic E-state index is 14.0. The van der Waals surface area contributed by atoms with Crippen LogP contribution in [0.5, 0.6) is 0 Å². The molecule has 0 bridgehead atoms. The van der Waals surface area contributed by atoms with Gasteiger partial charge in [0.25, 0.3) is 6.43 Å². The van der Waals surface area contributed by atoms with E-state index < -0.39 is 18.8 Å². The van der Waals surface area contributed by atoms with Crippen LogP contribution in [-0.4, -0.2) is 17.9 Å². The predicted molar refractivity (Wildman–Crippen MR) is 76.5 cm³/mol. The van der Waals surface area contributed by atoms with Crippen molar-refractivity contribution >= 4 is 33.2 Å². The van der Waals surface area contributed by atoms with Gasteiger partial charge >= 0.3 is 0 Å². The Morgan fingerprint density at radius 3 is 2.62 bits per heavy atom. The summed E-state index contributed by atoms with van der Waals surface area (Å²) in [6.07, 6.45) is 1.52. The van der Waals surface area contributed by atoms with E-state index in [1.807, 2.05) is 0 Å². The van der Waals surface area contributed by atoms with E-state index in [1.165, 1.54) is 23.1 Å². The smallest absolute Gasteiger partial charge is 0.256 e. The van der Waals surface area contributed by atoms with Gasteiger partial charge in [-0.05, 0) is 16.8 Å². The second kappa shape index (κ2) is 7.95. The van der Waals surface area contributed by atoms with Gasteiger partial charge in [0.05, 0.1) is 12.4 Å². The van der Waals surface area contributed by atoms with E-state index in [9.17, 15) is 13.2 Å². The molecule has 1 aromatic carbocycles. The Balaban J connectivity index is 0.00000220. The summed E-state index contributed by atoms with van der Waals surface area (Å²) < 4.78 is 39.9. The third-order valence-corrected chi connectivity index (χ3v) is 3.53. The van der Waals surface area contributed by atoms with Crippen LogP contribution >= 0.6 is 27.5 Å². The van der Waals surface area contributed by atoms with Crippen molar-refractivity contribution < 1.29 is 45.9 Å². The monoisotopic (exact) mass is 451 g/mol. The van der Waals surface area contributed by atoms with Crippen molar-refractivity contribution in [2.75, 3.05) is 6.54 Å². The average Bonchev–Trinajstić information content (AvgIpc) is 2.36. The fraction of sp³-hybridized carbons (Fsp3) is 0.143. The molecule has 1 aromatic rings. The number of nitrogens with zero attached hydrogens (tertiary/aromatic N) is 1. The zero-order valence-corrected chi connectivity index (χ0v) is 15.9. The fourth-order valence-electron chi connectivity index (χ4n) is 1.80. The topological polar surface area (TPSA) is 3.24 Å². The molecule has 7 heteroatoms. The number of allylic oxidation sites excluding steroid dienone is 3. The molecule has 0 unspecified atom stereocenters. The van der Waals surface area contributed by atoms with E-state index >= 15 is 0 Å². The van der Waals surface area contributed by atoms with E-state index in [1.54, 1.807) is 6.07 Å². The Kier molecular flexibility index (Phi) is 7.18. The van der Waals surface area contributed by atoms with Crippen molar-refractivity contribution in [3.8, 4) is 0 Å². The zero-order valence-electron chi connectivity index (χ0n) is 10.7. The molecule has 0 fully saturated rings. The normalized spacial score (nSPS) is 14.8. The van der Waals surface area contributed by atoms with Crippen LogP contribution in [0.25, 0.3) is 5.70 Å². The molecule has 0 amide bonds. The standard InChI is InChI=1S/C14H9BrClF3N.Y/c1-8-11(16)4-5-13(20(8)7-14(18)19)10-3-2-9(15)6-12(10)17;/h2-4,6,14H,1,7H2;/q-1;. The van der Waals surface area contributed by atoms with E-state index in [-0.39, 0.29) is 54.7 Å². The molecule has 1 heterocycles. The van der Waals surface area contributed by atoms with Gasteiger partial charge in [0.15, 0.2) is 0 Å². The van der Waals surface area contributed by atoms with Crippen molar-refractivity contribution in [2.24, 2.45) is 0 Å². The first kappa shape index (κ1) is 19.0. The van der Waals surface area contributed by atoms with E-state index in [0.29, 0.717) is 4.47 Å². The van der Waals surface area contributed by atoms with Crippen LogP contribution in [-0.2, 0) is 32.7 Å². The van der Waals surface area contributed by atoms with Gasteiger partial charge in [-0.25, -0.2) is 13.2 Å². The second-order valence-corrected chi connectivity index (χ2v) is 5.38. The number of hydrogen-bond acceptors (Lipinski definition) is 1. The molecule has 0 spiro atoms. The number of rotatable bonds is 3. The Labute approximate surface area is 159 Å². The van der Waals surface area contributed by atoms with Gasteiger partial charge in [-0.2, -0.15) is 23.8 Å². The van der Waals surface area contributed by atoms with Crippen LogP contribution in [0.2, 0.25) is 0 Å². The molecule has 0 atom stereocenters. The van der Waals surface area contributed by atoms with Crippen LogP contribution in [0.3, 0.4) is 0 Å². The first-order valence-electron chi connectivity index (χ1n) is 5.59. The van der Waals surface area contributed by atoms with E-state index in [0.717, 1.165) is 0 Å². The Hall–Kier alpha value is -0.0961. The Bertz CT molecular complexity index is 616. The van der Waals surface area contributed by atoms with Gasteiger partial charge in [0.2, 0.25) is 0 Å². The second-order valence-electron chi connectivity index (χ2n) is 4.06. The van der Waals surface area contributed by atoms with Gasteiger partial charge in [-0.1, -0.05) is 39.8 Å². The van der Waals surface area contributed by atoms with Gasteiger partial charge < -0.3 is 4.90 Å². The van der Waals surface area contributed by atoms with Crippen molar-refractivity contribution in [2.45, 2.75) is 6.43 Å². The van der Waals surface area contributed by atoms with Crippen LogP contribution < -0.4 is 0 Å². The van der Waals surface area contributed by atoms with Crippen LogP contribution in [0.4, 0.5) is 13.2 Å². The Morgan fingerprint density at radius 2 is 2.05 bits per heavy atom. The summed E-state index contributed by atoms with van der Waals surface area (Å²) in [4.78, 5) is 1.17. The maximum Gasteiger partial charge on any atom is 0.256 e. The molecule has 0 aromatic heterocycles. The first-order chi connectivity index (χ1) is 9.40. The molecule has 0 saturated heterocycles. The summed E-state index contributed by atoms with van der Waals surface area (Å²) in [6.45, 7) is 3.03. The van der Waals surface area contributed by atoms with Crippen LogP contribution in [0, 0.1) is 11.9 Å². The molecule has 1 radical (unpaired) electrons.